The van der Waals surface area contributed by atoms with Crippen molar-refractivity contribution < 1.29 is 9.59 Å². The van der Waals surface area contributed by atoms with E-state index in [0.29, 0.717) is 11.6 Å². The van der Waals surface area contributed by atoms with Crippen molar-refractivity contribution >= 4 is 23.4 Å². The van der Waals surface area contributed by atoms with Gasteiger partial charge < -0.3 is 10.6 Å². The third-order valence-corrected chi connectivity index (χ3v) is 3.76. The van der Waals surface area contributed by atoms with Crippen LogP contribution in [0.3, 0.4) is 0 Å². The van der Waals surface area contributed by atoms with Crippen LogP contribution in [-0.2, 0) is 9.59 Å². The third kappa shape index (κ3) is 3.00. The molecule has 1 aromatic carbocycles. The van der Waals surface area contributed by atoms with Gasteiger partial charge in [0, 0.05) is 11.6 Å². The van der Waals surface area contributed by atoms with Crippen molar-refractivity contribution in [1.29, 1.82) is 0 Å². The predicted molar refractivity (Wildman–Crippen MR) is 77.2 cm³/mol. The van der Waals surface area contributed by atoms with Gasteiger partial charge in [0.1, 0.15) is 0 Å². The van der Waals surface area contributed by atoms with Crippen LogP contribution in [0.25, 0.3) is 0 Å². The van der Waals surface area contributed by atoms with Gasteiger partial charge in [0.2, 0.25) is 11.8 Å². The van der Waals surface area contributed by atoms with Gasteiger partial charge in [-0.05, 0) is 31.8 Å². The topological polar surface area (TPSA) is 66.6 Å². The second-order valence-electron chi connectivity index (χ2n) is 5.18. The minimum atomic E-state index is -0.699. The fourth-order valence-electron chi connectivity index (χ4n) is 2.33. The van der Waals surface area contributed by atoms with Crippen LogP contribution in [0.2, 0.25) is 5.02 Å². The quantitative estimate of drug-likeness (QED) is 0.843. The molecule has 2 N–H and O–H groups in total. The first-order chi connectivity index (χ1) is 9.40. The fraction of sp³-hybridized carbons (Fsp3) is 0.429. The number of likely N-dealkylation sites (tertiary alicyclic amines) is 1. The zero-order valence-electron chi connectivity index (χ0n) is 11.5. The molecule has 0 saturated carbocycles. The monoisotopic (exact) mass is 295 g/mol. The van der Waals surface area contributed by atoms with E-state index in [0.717, 1.165) is 5.56 Å². The highest BCUT2D eigenvalue weighted by atomic mass is 35.5. The number of nitrogens with two attached hydrogens (primary N) is 1. The van der Waals surface area contributed by atoms with Gasteiger partial charge in [0.15, 0.2) is 0 Å². The lowest BCUT2D eigenvalue weighted by atomic mass is 10.1. The summed E-state index contributed by atoms with van der Waals surface area (Å²) >= 11 is 5.88. The summed E-state index contributed by atoms with van der Waals surface area (Å²) in [6, 6.07) is 6.62. The number of hydrogen-bond acceptors (Lipinski definition) is 4. The molecule has 0 spiro atoms. The van der Waals surface area contributed by atoms with Gasteiger partial charge in [-0.25, -0.2) is 0 Å². The van der Waals surface area contributed by atoms with Crippen LogP contribution in [-0.4, -0.2) is 48.3 Å². The molecule has 0 radical (unpaired) electrons. The zero-order chi connectivity index (χ0) is 14.9. The van der Waals surface area contributed by atoms with Crippen LogP contribution in [0.4, 0.5) is 0 Å². The molecule has 1 unspecified atom stereocenters. The molecule has 20 heavy (non-hydrogen) atoms. The molecular formula is C14H18ClN3O2. The highest BCUT2D eigenvalue weighted by Crippen LogP contribution is 2.24. The summed E-state index contributed by atoms with van der Waals surface area (Å²) in [5.41, 5.74) is 6.63. The summed E-state index contributed by atoms with van der Waals surface area (Å²) in [4.78, 5) is 26.9. The number of likely N-dealkylation sites (N-methyl/N-ethyl adjacent to an activating group) is 1. The Hall–Kier alpha value is -1.43. The molecule has 6 heteroatoms. The summed E-state index contributed by atoms with van der Waals surface area (Å²) in [5, 5.41) is 0.654. The molecule has 2 amide bonds. The van der Waals surface area contributed by atoms with Gasteiger partial charge in [0.25, 0.3) is 0 Å². The third-order valence-electron chi connectivity index (χ3n) is 3.51. The Morgan fingerprint density at radius 1 is 1.35 bits per heavy atom. The van der Waals surface area contributed by atoms with Crippen molar-refractivity contribution in [3.8, 4) is 0 Å². The summed E-state index contributed by atoms with van der Waals surface area (Å²) in [5.74, 6) is -0.501. The van der Waals surface area contributed by atoms with E-state index < -0.39 is 6.04 Å². The second kappa shape index (κ2) is 5.91. The maximum absolute atomic E-state index is 11.9. The van der Waals surface area contributed by atoms with Crippen molar-refractivity contribution in [3.63, 3.8) is 0 Å². The SMILES string of the molecule is CN(C)C(CN1C(=O)C[C@H](N)C1=O)c1ccc(Cl)cc1. The molecule has 2 rings (SSSR count). The summed E-state index contributed by atoms with van der Waals surface area (Å²) < 4.78 is 0. The number of amides is 2. The lowest BCUT2D eigenvalue weighted by molar-refractivity contribution is -0.139. The van der Waals surface area contributed by atoms with E-state index in [2.05, 4.69) is 0 Å². The lowest BCUT2D eigenvalue weighted by Gasteiger charge is -2.28. The minimum Gasteiger partial charge on any atom is -0.319 e. The van der Waals surface area contributed by atoms with Gasteiger partial charge >= 0.3 is 0 Å². The Balaban J connectivity index is 2.20. The molecule has 0 aromatic heterocycles. The summed E-state index contributed by atoms with van der Waals surface area (Å²) in [6.45, 7) is 0.306. The van der Waals surface area contributed by atoms with Crippen LogP contribution < -0.4 is 5.73 Å². The van der Waals surface area contributed by atoms with Crippen LogP contribution in [0.15, 0.2) is 24.3 Å². The first kappa shape index (κ1) is 15.0. The first-order valence-electron chi connectivity index (χ1n) is 6.42. The maximum Gasteiger partial charge on any atom is 0.246 e. The maximum atomic E-state index is 11.9. The molecule has 5 nitrogen and oxygen atoms in total. The van der Waals surface area contributed by atoms with Gasteiger partial charge in [-0.3, -0.25) is 14.5 Å². The van der Waals surface area contributed by atoms with Crippen LogP contribution in [0.1, 0.15) is 18.0 Å². The molecule has 1 heterocycles. The van der Waals surface area contributed by atoms with Gasteiger partial charge in [-0.2, -0.15) is 0 Å². The first-order valence-corrected chi connectivity index (χ1v) is 6.79. The van der Waals surface area contributed by atoms with E-state index in [1.165, 1.54) is 4.90 Å². The van der Waals surface area contributed by atoms with E-state index in [4.69, 9.17) is 17.3 Å². The largest absolute Gasteiger partial charge is 0.319 e. The van der Waals surface area contributed by atoms with Crippen LogP contribution >= 0.6 is 11.6 Å². The molecule has 1 fully saturated rings. The Morgan fingerprint density at radius 2 is 1.95 bits per heavy atom. The number of hydrogen-bond donors (Lipinski definition) is 1. The van der Waals surface area contributed by atoms with E-state index >= 15 is 0 Å². The second-order valence-corrected chi connectivity index (χ2v) is 5.62. The van der Waals surface area contributed by atoms with Crippen molar-refractivity contribution in [2.24, 2.45) is 5.73 Å². The number of halogens is 1. The number of benzene rings is 1. The molecule has 1 aliphatic heterocycles. The number of nitrogens with zero attached hydrogens (tertiary/aromatic N) is 2. The predicted octanol–water partition coefficient (Wildman–Crippen LogP) is 1.03. The van der Waals surface area contributed by atoms with Crippen molar-refractivity contribution in [1.82, 2.24) is 9.80 Å². The van der Waals surface area contributed by atoms with Crippen LogP contribution in [0, 0.1) is 0 Å². The molecule has 108 valence electrons. The summed E-state index contributed by atoms with van der Waals surface area (Å²) in [6.07, 6.45) is 0.0968. The number of carbonyl (C=O) groups is 2. The van der Waals surface area contributed by atoms with Gasteiger partial charge in [-0.15, -0.1) is 0 Å². The summed E-state index contributed by atoms with van der Waals surface area (Å²) in [7, 11) is 3.81. The van der Waals surface area contributed by atoms with Crippen molar-refractivity contribution in [2.45, 2.75) is 18.5 Å². The van der Waals surface area contributed by atoms with E-state index in [9.17, 15) is 9.59 Å². The Kier molecular flexibility index (Phi) is 4.42. The van der Waals surface area contributed by atoms with E-state index in [-0.39, 0.29) is 24.3 Å². The fourth-order valence-corrected chi connectivity index (χ4v) is 2.45. The Morgan fingerprint density at radius 3 is 2.40 bits per heavy atom. The van der Waals surface area contributed by atoms with E-state index in [1.54, 1.807) is 12.1 Å². The number of carbonyl (C=O) groups excluding carboxylic acids is 2. The molecular weight excluding hydrogens is 278 g/mol. The Bertz CT molecular complexity index is 516. The average Bonchev–Trinajstić information content (AvgIpc) is 2.62. The van der Waals surface area contributed by atoms with Gasteiger partial charge in [-0.1, -0.05) is 23.7 Å². The van der Waals surface area contributed by atoms with Crippen molar-refractivity contribution in [3.05, 3.63) is 34.9 Å². The van der Waals surface area contributed by atoms with E-state index in [1.807, 2.05) is 31.1 Å². The highest BCUT2D eigenvalue weighted by Gasteiger charge is 2.37. The molecule has 1 saturated heterocycles. The normalized spacial score (nSPS) is 20.9. The lowest BCUT2D eigenvalue weighted by Crippen LogP contribution is -2.40. The smallest absolute Gasteiger partial charge is 0.246 e. The molecule has 0 aliphatic carbocycles. The molecule has 2 atom stereocenters. The zero-order valence-corrected chi connectivity index (χ0v) is 12.3. The molecule has 1 aromatic rings. The number of imide groups is 1. The number of rotatable bonds is 4. The standard InChI is InChI=1S/C14H18ClN3O2/c1-17(2)12(9-3-5-10(15)6-4-9)8-18-13(19)7-11(16)14(18)20/h3-6,11-12H,7-8,16H2,1-2H3/t11-,12?/m0/s1. The van der Waals surface area contributed by atoms with Gasteiger partial charge in [0.05, 0.1) is 18.5 Å². The van der Waals surface area contributed by atoms with Crippen molar-refractivity contribution in [2.75, 3.05) is 20.6 Å². The molecule has 1 aliphatic rings. The average molecular weight is 296 g/mol. The highest BCUT2D eigenvalue weighted by molar-refractivity contribution is 6.30. The van der Waals surface area contributed by atoms with Crippen LogP contribution in [0.5, 0.6) is 0 Å². The molecule has 0 bridgehead atoms. The minimum absolute atomic E-state index is 0.0783. The Labute approximate surface area is 123 Å².